The highest BCUT2D eigenvalue weighted by molar-refractivity contribution is 5.94. The second-order valence-electron chi connectivity index (χ2n) is 5.64. The van der Waals surface area contributed by atoms with Crippen LogP contribution in [0.25, 0.3) is 5.65 Å². The maximum atomic E-state index is 13.6. The number of aryl methyl sites for hydroxylation is 1. The Bertz CT molecular complexity index is 744. The Kier molecular flexibility index (Phi) is 3.91. The molecule has 0 unspecified atom stereocenters. The van der Waals surface area contributed by atoms with E-state index in [4.69, 9.17) is 4.74 Å². The van der Waals surface area contributed by atoms with Crippen LogP contribution in [0.5, 0.6) is 0 Å². The van der Waals surface area contributed by atoms with Gasteiger partial charge >= 0.3 is 5.97 Å². The van der Waals surface area contributed by atoms with E-state index in [-0.39, 0.29) is 25.3 Å². The van der Waals surface area contributed by atoms with Gasteiger partial charge in [0, 0.05) is 24.7 Å². The van der Waals surface area contributed by atoms with E-state index >= 15 is 0 Å². The van der Waals surface area contributed by atoms with E-state index in [0.29, 0.717) is 24.4 Å². The number of nitrogens with zero attached hydrogens (tertiary/aromatic N) is 4. The fourth-order valence-corrected chi connectivity index (χ4v) is 2.77. The molecule has 2 aromatic rings. The minimum absolute atomic E-state index is 0.0977. The average Bonchev–Trinajstić information content (AvgIpc) is 2.91. The number of carbonyl (C=O) groups excluding carboxylic acids is 1. The van der Waals surface area contributed by atoms with Crippen molar-refractivity contribution in [2.24, 2.45) is 0 Å². The van der Waals surface area contributed by atoms with Crippen molar-refractivity contribution in [3.63, 3.8) is 0 Å². The molecule has 0 aromatic carbocycles. The number of carbonyl (C=O) groups is 1. The zero-order valence-corrected chi connectivity index (χ0v) is 13.1. The first-order chi connectivity index (χ1) is 10.9. The number of hydrogen-bond donors (Lipinski definition) is 0. The highest BCUT2D eigenvalue weighted by Crippen LogP contribution is 2.30. The van der Waals surface area contributed by atoms with E-state index in [0.717, 1.165) is 5.69 Å². The third-order valence-electron chi connectivity index (χ3n) is 3.87. The molecule has 0 spiro atoms. The SMILES string of the molecule is CCOC(=O)c1ncn2c(C)cc(N3CCCC(F)(F)C3)nc12. The lowest BCUT2D eigenvalue weighted by Crippen LogP contribution is -2.43. The van der Waals surface area contributed by atoms with Gasteiger partial charge in [-0.2, -0.15) is 0 Å². The van der Waals surface area contributed by atoms with E-state index in [2.05, 4.69) is 9.97 Å². The summed E-state index contributed by atoms with van der Waals surface area (Å²) in [6.45, 7) is 3.90. The molecule has 0 atom stereocenters. The summed E-state index contributed by atoms with van der Waals surface area (Å²) in [5.41, 5.74) is 1.19. The Hall–Kier alpha value is -2.25. The van der Waals surface area contributed by atoms with Crippen molar-refractivity contribution >= 4 is 17.4 Å². The molecule has 0 radical (unpaired) electrons. The number of alkyl halides is 2. The summed E-state index contributed by atoms with van der Waals surface area (Å²) >= 11 is 0. The number of ether oxygens (including phenoxy) is 1. The number of imidazole rings is 1. The standard InChI is InChI=1S/C15H18F2N4O2/c1-3-23-14(22)12-13-19-11(7-10(2)21(13)9-18-12)20-6-4-5-15(16,17)8-20/h7,9H,3-6,8H2,1-2H3. The molecule has 2 aromatic heterocycles. The fourth-order valence-electron chi connectivity index (χ4n) is 2.77. The van der Waals surface area contributed by atoms with Gasteiger partial charge in [0.15, 0.2) is 11.3 Å². The molecule has 8 heteroatoms. The summed E-state index contributed by atoms with van der Waals surface area (Å²) in [6, 6.07) is 1.73. The van der Waals surface area contributed by atoms with Crippen molar-refractivity contribution in [3.8, 4) is 0 Å². The molecule has 0 aliphatic carbocycles. The number of piperidine rings is 1. The lowest BCUT2D eigenvalue weighted by Gasteiger charge is -2.33. The van der Waals surface area contributed by atoms with Gasteiger partial charge in [0.25, 0.3) is 5.92 Å². The zero-order chi connectivity index (χ0) is 16.6. The van der Waals surface area contributed by atoms with Gasteiger partial charge in [0.1, 0.15) is 12.1 Å². The maximum Gasteiger partial charge on any atom is 0.360 e. The molecule has 1 fully saturated rings. The summed E-state index contributed by atoms with van der Waals surface area (Å²) in [6.07, 6.45) is 1.78. The van der Waals surface area contributed by atoms with Gasteiger partial charge in [0.2, 0.25) is 0 Å². The minimum Gasteiger partial charge on any atom is -0.461 e. The highest BCUT2D eigenvalue weighted by Gasteiger charge is 2.36. The second kappa shape index (κ2) is 5.75. The largest absolute Gasteiger partial charge is 0.461 e. The monoisotopic (exact) mass is 324 g/mol. The molecule has 6 nitrogen and oxygen atoms in total. The Morgan fingerprint density at radius 2 is 2.26 bits per heavy atom. The van der Waals surface area contributed by atoms with Crippen LogP contribution in [0.2, 0.25) is 0 Å². The van der Waals surface area contributed by atoms with Crippen LogP contribution in [0.1, 0.15) is 35.9 Å². The van der Waals surface area contributed by atoms with Crippen LogP contribution in [0.15, 0.2) is 12.4 Å². The van der Waals surface area contributed by atoms with Gasteiger partial charge in [-0.1, -0.05) is 0 Å². The molecule has 0 amide bonds. The number of rotatable bonds is 3. The molecule has 0 bridgehead atoms. The number of esters is 1. The Balaban J connectivity index is 2.02. The van der Waals surface area contributed by atoms with Gasteiger partial charge in [-0.3, -0.25) is 4.40 Å². The van der Waals surface area contributed by atoms with Crippen LogP contribution in [-0.2, 0) is 4.74 Å². The first-order valence-corrected chi connectivity index (χ1v) is 7.56. The third kappa shape index (κ3) is 2.97. The summed E-state index contributed by atoms with van der Waals surface area (Å²) in [7, 11) is 0. The fraction of sp³-hybridized carbons (Fsp3) is 0.533. The number of hydrogen-bond acceptors (Lipinski definition) is 5. The van der Waals surface area contributed by atoms with Crippen LogP contribution in [0.3, 0.4) is 0 Å². The van der Waals surface area contributed by atoms with Gasteiger partial charge in [0.05, 0.1) is 13.2 Å². The van der Waals surface area contributed by atoms with Crippen molar-refractivity contribution in [2.75, 3.05) is 24.6 Å². The normalized spacial score (nSPS) is 17.5. The molecule has 3 rings (SSSR count). The van der Waals surface area contributed by atoms with Crippen molar-refractivity contribution in [1.82, 2.24) is 14.4 Å². The molecule has 1 saturated heterocycles. The van der Waals surface area contributed by atoms with Crippen molar-refractivity contribution in [2.45, 2.75) is 32.6 Å². The van der Waals surface area contributed by atoms with Gasteiger partial charge in [-0.25, -0.2) is 23.5 Å². The maximum absolute atomic E-state index is 13.6. The molecule has 124 valence electrons. The summed E-state index contributed by atoms with van der Waals surface area (Å²) in [5, 5.41) is 0. The molecule has 1 aliphatic heterocycles. The lowest BCUT2D eigenvalue weighted by atomic mass is 10.1. The van der Waals surface area contributed by atoms with Crippen LogP contribution >= 0.6 is 0 Å². The molecule has 0 saturated carbocycles. The smallest absolute Gasteiger partial charge is 0.360 e. The first kappa shape index (κ1) is 15.6. The average molecular weight is 324 g/mol. The topological polar surface area (TPSA) is 59.7 Å². The molecule has 0 N–H and O–H groups in total. The minimum atomic E-state index is -2.72. The Morgan fingerprint density at radius 3 is 2.96 bits per heavy atom. The summed E-state index contributed by atoms with van der Waals surface area (Å²) < 4.78 is 33.9. The number of fused-ring (bicyclic) bond motifs is 1. The molecule has 23 heavy (non-hydrogen) atoms. The molecule has 3 heterocycles. The highest BCUT2D eigenvalue weighted by atomic mass is 19.3. The molecular weight excluding hydrogens is 306 g/mol. The number of halogens is 2. The second-order valence-corrected chi connectivity index (χ2v) is 5.64. The van der Waals surface area contributed by atoms with Gasteiger partial charge < -0.3 is 9.64 Å². The predicted octanol–water partition coefficient (Wildman–Crippen LogP) is 2.45. The molecular formula is C15H18F2N4O2. The van der Waals surface area contributed by atoms with E-state index in [9.17, 15) is 13.6 Å². The lowest BCUT2D eigenvalue weighted by molar-refractivity contribution is -0.0118. The first-order valence-electron chi connectivity index (χ1n) is 7.56. The summed E-state index contributed by atoms with van der Waals surface area (Å²) in [5.74, 6) is -2.85. The van der Waals surface area contributed by atoms with E-state index < -0.39 is 11.9 Å². The van der Waals surface area contributed by atoms with Crippen LogP contribution in [0, 0.1) is 6.92 Å². The van der Waals surface area contributed by atoms with Crippen molar-refractivity contribution in [1.29, 1.82) is 0 Å². The number of aromatic nitrogens is 3. The number of anilines is 1. The Labute approximate surface area is 132 Å². The quantitative estimate of drug-likeness (QED) is 0.812. The van der Waals surface area contributed by atoms with E-state index in [1.54, 1.807) is 22.3 Å². The zero-order valence-electron chi connectivity index (χ0n) is 13.1. The Morgan fingerprint density at radius 1 is 1.48 bits per heavy atom. The van der Waals surface area contributed by atoms with Crippen molar-refractivity contribution < 1.29 is 18.3 Å². The van der Waals surface area contributed by atoms with Crippen molar-refractivity contribution in [3.05, 3.63) is 23.8 Å². The predicted molar refractivity (Wildman–Crippen MR) is 80.1 cm³/mol. The molecule has 1 aliphatic rings. The van der Waals surface area contributed by atoms with E-state index in [1.807, 2.05) is 6.92 Å². The van der Waals surface area contributed by atoms with Crippen LogP contribution in [-0.4, -0.2) is 46.0 Å². The van der Waals surface area contributed by atoms with Gasteiger partial charge in [-0.15, -0.1) is 0 Å². The summed E-state index contributed by atoms with van der Waals surface area (Å²) in [4.78, 5) is 21.9. The van der Waals surface area contributed by atoms with Crippen LogP contribution < -0.4 is 4.90 Å². The third-order valence-corrected chi connectivity index (χ3v) is 3.87. The van der Waals surface area contributed by atoms with E-state index in [1.165, 1.54) is 6.33 Å². The van der Waals surface area contributed by atoms with Crippen LogP contribution in [0.4, 0.5) is 14.6 Å². The van der Waals surface area contributed by atoms with Gasteiger partial charge in [-0.05, 0) is 20.3 Å².